The molecule has 3 aliphatic rings. The molecule has 1 aliphatic heterocycles. The van der Waals surface area contributed by atoms with Gasteiger partial charge in [-0.1, -0.05) is 12.8 Å². The molecule has 5 nitrogen and oxygen atoms in total. The molecule has 0 aromatic rings. The van der Waals surface area contributed by atoms with Gasteiger partial charge < -0.3 is 5.32 Å². The molecule has 0 radical (unpaired) electrons. The molecule has 2 unspecified atom stereocenters. The van der Waals surface area contributed by atoms with Gasteiger partial charge in [0.15, 0.2) is 0 Å². The van der Waals surface area contributed by atoms with Gasteiger partial charge in [0.25, 0.3) is 10.2 Å². The second-order valence-electron chi connectivity index (χ2n) is 7.25. The zero-order valence-electron chi connectivity index (χ0n) is 13.1. The highest BCUT2D eigenvalue weighted by atomic mass is 32.2. The van der Waals surface area contributed by atoms with Crippen LogP contribution in [-0.4, -0.2) is 44.4 Å². The highest BCUT2D eigenvalue weighted by Crippen LogP contribution is 2.33. The maximum Gasteiger partial charge on any atom is 0.279 e. The molecule has 0 spiro atoms. The summed E-state index contributed by atoms with van der Waals surface area (Å²) in [5.41, 5.74) is 0. The predicted octanol–water partition coefficient (Wildman–Crippen LogP) is 1.47. The lowest BCUT2D eigenvalue weighted by Crippen LogP contribution is -2.49. The summed E-state index contributed by atoms with van der Waals surface area (Å²) in [5, 5.41) is 3.53. The number of rotatable bonds is 8. The van der Waals surface area contributed by atoms with Crippen molar-refractivity contribution in [2.75, 3.05) is 19.6 Å². The van der Waals surface area contributed by atoms with E-state index >= 15 is 0 Å². The summed E-state index contributed by atoms with van der Waals surface area (Å²) in [7, 11) is -3.30. The molecule has 0 amide bonds. The van der Waals surface area contributed by atoms with Gasteiger partial charge in [-0.25, -0.2) is 0 Å². The summed E-state index contributed by atoms with van der Waals surface area (Å²) in [5.74, 6) is 1.22. The fraction of sp³-hybridized carbons (Fsp3) is 1.00. The van der Waals surface area contributed by atoms with Crippen molar-refractivity contribution in [2.24, 2.45) is 11.8 Å². The summed E-state index contributed by atoms with van der Waals surface area (Å²) in [6.07, 6.45) is 8.22. The van der Waals surface area contributed by atoms with Crippen molar-refractivity contribution in [3.05, 3.63) is 0 Å². The fourth-order valence-electron chi connectivity index (χ4n) is 3.26. The minimum absolute atomic E-state index is 0.0625. The summed E-state index contributed by atoms with van der Waals surface area (Å²) in [6, 6.07) is 0.765. The second-order valence-corrected chi connectivity index (χ2v) is 8.95. The van der Waals surface area contributed by atoms with Gasteiger partial charge in [0, 0.05) is 25.2 Å². The minimum atomic E-state index is -3.30. The third-order valence-corrected chi connectivity index (χ3v) is 6.54. The Morgan fingerprint density at radius 2 is 1.90 bits per heavy atom. The van der Waals surface area contributed by atoms with E-state index in [0.29, 0.717) is 25.0 Å². The largest absolute Gasteiger partial charge is 0.314 e. The Balaban J connectivity index is 1.47. The SMILES string of the molecule is CC(CC1CC1)NS(=O)(=O)N1CCCC(CNC2CC2)C1. The van der Waals surface area contributed by atoms with Crippen molar-refractivity contribution in [3.8, 4) is 0 Å². The van der Waals surface area contributed by atoms with Gasteiger partial charge in [-0.15, -0.1) is 0 Å². The van der Waals surface area contributed by atoms with E-state index in [2.05, 4.69) is 10.0 Å². The maximum absolute atomic E-state index is 12.5. The first-order valence-corrected chi connectivity index (χ1v) is 9.98. The van der Waals surface area contributed by atoms with Gasteiger partial charge in [0.1, 0.15) is 0 Å². The molecule has 2 atom stereocenters. The predicted molar refractivity (Wildman–Crippen MR) is 84.2 cm³/mol. The smallest absolute Gasteiger partial charge is 0.279 e. The summed E-state index contributed by atoms with van der Waals surface area (Å²) in [6.45, 7) is 4.30. The summed E-state index contributed by atoms with van der Waals surface area (Å²) >= 11 is 0. The van der Waals surface area contributed by atoms with E-state index in [1.165, 1.54) is 25.7 Å². The van der Waals surface area contributed by atoms with E-state index in [1.807, 2.05) is 6.92 Å². The zero-order valence-corrected chi connectivity index (χ0v) is 13.9. The van der Waals surface area contributed by atoms with Crippen molar-refractivity contribution in [3.63, 3.8) is 0 Å². The van der Waals surface area contributed by atoms with E-state index in [1.54, 1.807) is 4.31 Å². The van der Waals surface area contributed by atoms with E-state index in [4.69, 9.17) is 0 Å². The number of hydrogen-bond donors (Lipinski definition) is 2. The van der Waals surface area contributed by atoms with Crippen LogP contribution in [0.15, 0.2) is 0 Å². The highest BCUT2D eigenvalue weighted by molar-refractivity contribution is 7.87. The zero-order chi connectivity index (χ0) is 14.9. The molecule has 2 saturated carbocycles. The van der Waals surface area contributed by atoms with E-state index in [0.717, 1.165) is 31.7 Å². The quantitative estimate of drug-likeness (QED) is 0.713. The van der Waals surface area contributed by atoms with Crippen LogP contribution in [0.25, 0.3) is 0 Å². The molecule has 0 aromatic heterocycles. The normalized spacial score (nSPS) is 29.5. The molecule has 122 valence electrons. The standard InChI is InChI=1S/C15H29N3O2S/c1-12(9-13-4-5-13)17-21(19,20)18-8-2-3-14(11-18)10-16-15-6-7-15/h12-17H,2-11H2,1H3. The molecule has 21 heavy (non-hydrogen) atoms. The first-order valence-electron chi connectivity index (χ1n) is 8.53. The number of nitrogens with zero attached hydrogens (tertiary/aromatic N) is 1. The molecular formula is C15H29N3O2S. The lowest BCUT2D eigenvalue weighted by Gasteiger charge is -2.33. The van der Waals surface area contributed by atoms with Crippen molar-refractivity contribution in [2.45, 2.75) is 64.0 Å². The number of nitrogens with one attached hydrogen (secondary N) is 2. The Labute approximate surface area is 129 Å². The van der Waals surface area contributed by atoms with E-state index < -0.39 is 10.2 Å². The molecule has 0 aromatic carbocycles. The molecule has 3 fully saturated rings. The van der Waals surface area contributed by atoms with Crippen LogP contribution in [0.1, 0.15) is 51.9 Å². The minimum Gasteiger partial charge on any atom is -0.314 e. The first kappa shape index (κ1) is 15.7. The van der Waals surface area contributed by atoms with Crippen LogP contribution in [0.3, 0.4) is 0 Å². The van der Waals surface area contributed by atoms with Crippen LogP contribution in [-0.2, 0) is 10.2 Å². The molecule has 2 N–H and O–H groups in total. The van der Waals surface area contributed by atoms with E-state index in [9.17, 15) is 8.42 Å². The van der Waals surface area contributed by atoms with Gasteiger partial charge >= 0.3 is 0 Å². The van der Waals surface area contributed by atoms with Crippen LogP contribution in [0.4, 0.5) is 0 Å². The Morgan fingerprint density at radius 3 is 2.57 bits per heavy atom. The second kappa shape index (κ2) is 6.52. The van der Waals surface area contributed by atoms with E-state index in [-0.39, 0.29) is 6.04 Å². The lowest BCUT2D eigenvalue weighted by atomic mass is 10.00. The van der Waals surface area contributed by atoms with Crippen LogP contribution >= 0.6 is 0 Å². The van der Waals surface area contributed by atoms with Gasteiger partial charge in [0.2, 0.25) is 0 Å². The van der Waals surface area contributed by atoms with Gasteiger partial charge in [-0.3, -0.25) is 0 Å². The maximum atomic E-state index is 12.5. The van der Waals surface area contributed by atoms with Crippen molar-refractivity contribution in [1.82, 2.24) is 14.3 Å². The van der Waals surface area contributed by atoms with Crippen molar-refractivity contribution >= 4 is 10.2 Å². The Hall–Kier alpha value is -0.170. The van der Waals surface area contributed by atoms with Crippen LogP contribution in [0, 0.1) is 11.8 Å². The van der Waals surface area contributed by atoms with Crippen LogP contribution in [0.2, 0.25) is 0 Å². The molecule has 2 aliphatic carbocycles. The molecule has 1 heterocycles. The number of piperidine rings is 1. The lowest BCUT2D eigenvalue weighted by molar-refractivity contribution is 0.256. The molecule has 1 saturated heterocycles. The fourth-order valence-corrected chi connectivity index (χ4v) is 4.79. The summed E-state index contributed by atoms with van der Waals surface area (Å²) in [4.78, 5) is 0. The Morgan fingerprint density at radius 1 is 1.14 bits per heavy atom. The van der Waals surface area contributed by atoms with Gasteiger partial charge in [0.05, 0.1) is 0 Å². The average Bonchev–Trinajstić information content (AvgIpc) is 3.31. The van der Waals surface area contributed by atoms with Crippen LogP contribution < -0.4 is 10.0 Å². The first-order chi connectivity index (χ1) is 10.0. The molecule has 6 heteroatoms. The third kappa shape index (κ3) is 4.91. The topological polar surface area (TPSA) is 61.4 Å². The van der Waals surface area contributed by atoms with Gasteiger partial charge in [-0.2, -0.15) is 17.4 Å². The van der Waals surface area contributed by atoms with Gasteiger partial charge in [-0.05, 0) is 57.4 Å². The van der Waals surface area contributed by atoms with Crippen molar-refractivity contribution in [1.29, 1.82) is 0 Å². The monoisotopic (exact) mass is 315 g/mol. The molecule has 3 rings (SSSR count). The Kier molecular flexibility index (Phi) is 4.88. The highest BCUT2D eigenvalue weighted by Gasteiger charge is 2.32. The molecular weight excluding hydrogens is 286 g/mol. The third-order valence-electron chi connectivity index (χ3n) is 4.83. The average molecular weight is 315 g/mol. The Bertz CT molecular complexity index is 446. The number of hydrogen-bond acceptors (Lipinski definition) is 3. The van der Waals surface area contributed by atoms with Crippen LogP contribution in [0.5, 0.6) is 0 Å². The summed E-state index contributed by atoms with van der Waals surface area (Å²) < 4.78 is 29.5. The van der Waals surface area contributed by atoms with Crippen molar-refractivity contribution < 1.29 is 8.42 Å². The molecule has 0 bridgehead atoms.